The molecule has 0 bridgehead atoms. The number of hydrogen-bond acceptors (Lipinski definition) is 6. The number of nitrogens with zero attached hydrogens (tertiary/aromatic N) is 2. The van der Waals surface area contributed by atoms with E-state index in [1.807, 2.05) is 6.07 Å². The molecule has 0 saturated heterocycles. The number of rotatable bonds is 8. The molecule has 0 fully saturated rings. The van der Waals surface area contributed by atoms with Crippen LogP contribution in [0.3, 0.4) is 0 Å². The number of halogens is 2. The number of nitriles is 1. The molecular formula is C28H21Cl2N3O5S. The number of anilines is 1. The quantitative estimate of drug-likeness (QED) is 0.281. The summed E-state index contributed by atoms with van der Waals surface area (Å²) in [5.74, 6) is -1.10. The van der Waals surface area contributed by atoms with Gasteiger partial charge in [-0.25, -0.2) is 8.42 Å². The van der Waals surface area contributed by atoms with Crippen molar-refractivity contribution in [2.24, 2.45) is 0 Å². The van der Waals surface area contributed by atoms with E-state index in [9.17, 15) is 18.0 Å². The summed E-state index contributed by atoms with van der Waals surface area (Å²) < 4.78 is 32.8. The third-order valence-corrected chi connectivity index (χ3v) is 8.05. The molecule has 8 nitrogen and oxygen atoms in total. The van der Waals surface area contributed by atoms with Crippen molar-refractivity contribution in [3.8, 4) is 6.07 Å². The standard InChI is InChI=1S/C28H21Cl2N3O5S/c1-38-27(34)17-33(39(36,37)24-13-21(29)12-22(30)14-24)23-9-10-25-20(11-23)3-2-4-26(25)28(35)32-16-19-7-5-18(15-31)6-8-19/h2-14H,16-17H2,1H3,(H,32,35). The first kappa shape index (κ1) is 27.9. The highest BCUT2D eigenvalue weighted by molar-refractivity contribution is 7.92. The molecule has 0 unspecified atom stereocenters. The van der Waals surface area contributed by atoms with Crippen LogP contribution in [-0.4, -0.2) is 33.9 Å². The largest absolute Gasteiger partial charge is 0.468 e. The number of fused-ring (bicyclic) bond motifs is 1. The van der Waals surface area contributed by atoms with E-state index in [1.165, 1.54) is 24.3 Å². The first-order chi connectivity index (χ1) is 18.6. The number of carbonyl (C=O) groups is 2. The van der Waals surface area contributed by atoms with E-state index >= 15 is 0 Å². The van der Waals surface area contributed by atoms with E-state index in [4.69, 9.17) is 33.2 Å². The second-order valence-corrected chi connectivity index (χ2v) is 11.1. The third-order valence-electron chi connectivity index (χ3n) is 5.86. The Kier molecular flexibility index (Phi) is 8.41. The number of ether oxygens (including phenoxy) is 1. The number of amides is 1. The molecule has 1 amide bonds. The lowest BCUT2D eigenvalue weighted by atomic mass is 10.0. The first-order valence-electron chi connectivity index (χ1n) is 11.5. The molecule has 4 aromatic rings. The van der Waals surface area contributed by atoms with Gasteiger partial charge < -0.3 is 10.1 Å². The fourth-order valence-electron chi connectivity index (χ4n) is 3.90. The number of esters is 1. The van der Waals surface area contributed by atoms with Gasteiger partial charge in [0.15, 0.2) is 0 Å². The van der Waals surface area contributed by atoms with Gasteiger partial charge in [0.05, 0.1) is 29.3 Å². The van der Waals surface area contributed by atoms with Gasteiger partial charge in [0.2, 0.25) is 0 Å². The zero-order chi connectivity index (χ0) is 28.2. The zero-order valence-corrected chi connectivity index (χ0v) is 22.8. The SMILES string of the molecule is COC(=O)CN(c1ccc2c(C(=O)NCc3ccc(C#N)cc3)cccc2c1)S(=O)(=O)c1cc(Cl)cc(Cl)c1. The van der Waals surface area contributed by atoms with Crippen molar-refractivity contribution in [1.82, 2.24) is 5.32 Å². The fourth-order valence-corrected chi connectivity index (χ4v) is 6.03. The molecule has 1 N–H and O–H groups in total. The molecule has 4 aromatic carbocycles. The van der Waals surface area contributed by atoms with Crippen LogP contribution in [-0.2, 0) is 26.1 Å². The summed E-state index contributed by atoms with van der Waals surface area (Å²) in [5.41, 5.74) is 1.92. The molecular weight excluding hydrogens is 561 g/mol. The van der Waals surface area contributed by atoms with Gasteiger partial charge in [0, 0.05) is 22.2 Å². The second kappa shape index (κ2) is 11.7. The van der Waals surface area contributed by atoms with E-state index in [0.717, 1.165) is 17.0 Å². The zero-order valence-electron chi connectivity index (χ0n) is 20.5. The summed E-state index contributed by atoms with van der Waals surface area (Å²) in [5, 5.41) is 13.2. The molecule has 4 rings (SSSR count). The normalized spacial score (nSPS) is 11.0. The minimum absolute atomic E-state index is 0.120. The van der Waals surface area contributed by atoms with E-state index in [2.05, 4.69) is 5.32 Å². The minimum Gasteiger partial charge on any atom is -0.468 e. The van der Waals surface area contributed by atoms with Crippen molar-refractivity contribution in [3.05, 3.63) is 106 Å². The molecule has 0 aliphatic heterocycles. The molecule has 0 spiro atoms. The van der Waals surface area contributed by atoms with Gasteiger partial charge in [0.25, 0.3) is 15.9 Å². The molecule has 0 radical (unpaired) electrons. The Labute approximate surface area is 235 Å². The van der Waals surface area contributed by atoms with Gasteiger partial charge in [0.1, 0.15) is 6.54 Å². The Morgan fingerprint density at radius 1 is 0.974 bits per heavy atom. The molecule has 0 aromatic heterocycles. The van der Waals surface area contributed by atoms with E-state index in [-0.39, 0.29) is 33.1 Å². The molecule has 0 saturated carbocycles. The van der Waals surface area contributed by atoms with Crippen LogP contribution in [0.25, 0.3) is 10.8 Å². The van der Waals surface area contributed by atoms with Crippen molar-refractivity contribution in [3.63, 3.8) is 0 Å². The van der Waals surface area contributed by atoms with Gasteiger partial charge in [-0.05, 0) is 64.9 Å². The summed E-state index contributed by atoms with van der Waals surface area (Å²) in [6.45, 7) is -0.342. The topological polar surface area (TPSA) is 117 Å². The van der Waals surface area contributed by atoms with Gasteiger partial charge in [-0.2, -0.15) is 5.26 Å². The number of carbonyl (C=O) groups excluding carboxylic acids is 2. The van der Waals surface area contributed by atoms with Crippen LogP contribution in [0.5, 0.6) is 0 Å². The Balaban J connectivity index is 1.68. The average Bonchev–Trinajstić information content (AvgIpc) is 2.93. The maximum absolute atomic E-state index is 13.6. The van der Waals surface area contributed by atoms with Crippen LogP contribution in [0.15, 0.2) is 83.8 Å². The van der Waals surface area contributed by atoms with Crippen LogP contribution in [0, 0.1) is 11.3 Å². The summed E-state index contributed by atoms with van der Waals surface area (Å²) in [6.07, 6.45) is 0. The predicted molar refractivity (Wildman–Crippen MR) is 149 cm³/mol. The van der Waals surface area contributed by atoms with E-state index < -0.39 is 22.5 Å². The highest BCUT2D eigenvalue weighted by Gasteiger charge is 2.28. The van der Waals surface area contributed by atoms with Gasteiger partial charge in [-0.15, -0.1) is 0 Å². The van der Waals surface area contributed by atoms with Crippen molar-refractivity contribution in [2.75, 3.05) is 18.0 Å². The van der Waals surface area contributed by atoms with Crippen molar-refractivity contribution in [1.29, 1.82) is 5.26 Å². The predicted octanol–water partition coefficient (Wildman–Crippen LogP) is 5.32. The maximum atomic E-state index is 13.6. The third kappa shape index (κ3) is 6.32. The Bertz CT molecular complexity index is 1700. The highest BCUT2D eigenvalue weighted by Crippen LogP contribution is 2.31. The number of nitrogens with one attached hydrogen (secondary N) is 1. The molecule has 0 aliphatic carbocycles. The highest BCUT2D eigenvalue weighted by atomic mass is 35.5. The van der Waals surface area contributed by atoms with Crippen LogP contribution in [0.4, 0.5) is 5.69 Å². The molecule has 0 aliphatic rings. The minimum atomic E-state index is -4.28. The second-order valence-electron chi connectivity index (χ2n) is 8.40. The summed E-state index contributed by atoms with van der Waals surface area (Å²) in [6, 6.07) is 22.6. The van der Waals surface area contributed by atoms with E-state index in [1.54, 1.807) is 54.6 Å². The first-order valence-corrected chi connectivity index (χ1v) is 13.7. The summed E-state index contributed by atoms with van der Waals surface area (Å²) in [7, 11) is -3.12. The van der Waals surface area contributed by atoms with Crippen LogP contribution in [0.2, 0.25) is 10.0 Å². The smallest absolute Gasteiger partial charge is 0.326 e. The van der Waals surface area contributed by atoms with Gasteiger partial charge in [-0.3, -0.25) is 13.9 Å². The lowest BCUT2D eigenvalue weighted by Crippen LogP contribution is -2.36. The number of methoxy groups -OCH3 is 1. The molecule has 11 heteroatoms. The van der Waals surface area contributed by atoms with Crippen molar-refractivity contribution >= 4 is 61.6 Å². The van der Waals surface area contributed by atoms with Crippen LogP contribution < -0.4 is 9.62 Å². The van der Waals surface area contributed by atoms with Gasteiger partial charge in [-0.1, -0.05) is 53.5 Å². The monoisotopic (exact) mass is 581 g/mol. The lowest BCUT2D eigenvalue weighted by molar-refractivity contribution is -0.138. The summed E-state index contributed by atoms with van der Waals surface area (Å²) in [4.78, 5) is 25.0. The Morgan fingerprint density at radius 2 is 1.67 bits per heavy atom. The maximum Gasteiger partial charge on any atom is 0.326 e. The number of hydrogen-bond donors (Lipinski definition) is 1. The van der Waals surface area contributed by atoms with Crippen molar-refractivity contribution < 1.29 is 22.7 Å². The number of benzene rings is 4. The molecule has 39 heavy (non-hydrogen) atoms. The van der Waals surface area contributed by atoms with E-state index in [0.29, 0.717) is 21.9 Å². The summed E-state index contributed by atoms with van der Waals surface area (Å²) >= 11 is 12.1. The van der Waals surface area contributed by atoms with Gasteiger partial charge >= 0.3 is 5.97 Å². The average molecular weight is 582 g/mol. The molecule has 198 valence electrons. The van der Waals surface area contributed by atoms with Crippen LogP contribution in [0.1, 0.15) is 21.5 Å². The molecule has 0 heterocycles. The van der Waals surface area contributed by atoms with Crippen LogP contribution >= 0.6 is 23.2 Å². The number of sulfonamides is 1. The van der Waals surface area contributed by atoms with Crippen molar-refractivity contribution in [2.45, 2.75) is 11.4 Å². The fraction of sp³-hybridized carbons (Fsp3) is 0.107. The Morgan fingerprint density at radius 3 is 2.31 bits per heavy atom. The Hall–Kier alpha value is -4.10. The lowest BCUT2D eigenvalue weighted by Gasteiger charge is -2.24. The molecule has 0 atom stereocenters.